The SMILES string of the molecule is Cc1[nH]ncc1C(=O)N(CC(C)C)C1CCCC1. The first-order chi connectivity index (χ1) is 8.59. The zero-order valence-corrected chi connectivity index (χ0v) is 11.6. The van der Waals surface area contributed by atoms with E-state index in [4.69, 9.17) is 0 Å². The summed E-state index contributed by atoms with van der Waals surface area (Å²) >= 11 is 0. The van der Waals surface area contributed by atoms with E-state index in [1.54, 1.807) is 6.20 Å². The average Bonchev–Trinajstić information content (AvgIpc) is 2.95. The van der Waals surface area contributed by atoms with Crippen molar-refractivity contribution in [3.63, 3.8) is 0 Å². The highest BCUT2D eigenvalue weighted by molar-refractivity contribution is 5.95. The molecule has 0 radical (unpaired) electrons. The molecule has 0 aliphatic heterocycles. The second-order valence-corrected chi connectivity index (χ2v) is 5.70. The van der Waals surface area contributed by atoms with Crippen LogP contribution in [0.25, 0.3) is 0 Å². The minimum atomic E-state index is 0.141. The number of carbonyl (C=O) groups is 1. The van der Waals surface area contributed by atoms with Gasteiger partial charge in [0.25, 0.3) is 5.91 Å². The summed E-state index contributed by atoms with van der Waals surface area (Å²) in [6.45, 7) is 7.07. The van der Waals surface area contributed by atoms with Gasteiger partial charge in [0.05, 0.1) is 11.8 Å². The van der Waals surface area contributed by atoms with Gasteiger partial charge in [-0.25, -0.2) is 0 Å². The lowest BCUT2D eigenvalue weighted by Gasteiger charge is -2.30. The number of aromatic amines is 1. The minimum Gasteiger partial charge on any atom is -0.335 e. The van der Waals surface area contributed by atoms with Crippen LogP contribution in [0.5, 0.6) is 0 Å². The molecule has 1 aliphatic carbocycles. The Labute approximate surface area is 109 Å². The maximum atomic E-state index is 12.6. The van der Waals surface area contributed by atoms with Gasteiger partial charge in [-0.15, -0.1) is 0 Å². The van der Waals surface area contributed by atoms with Crippen molar-refractivity contribution in [2.24, 2.45) is 5.92 Å². The Balaban J connectivity index is 2.17. The van der Waals surface area contributed by atoms with E-state index >= 15 is 0 Å². The van der Waals surface area contributed by atoms with E-state index < -0.39 is 0 Å². The van der Waals surface area contributed by atoms with Crippen LogP contribution in [0.2, 0.25) is 0 Å². The summed E-state index contributed by atoms with van der Waals surface area (Å²) < 4.78 is 0. The molecule has 0 unspecified atom stereocenters. The summed E-state index contributed by atoms with van der Waals surface area (Å²) in [7, 11) is 0. The maximum absolute atomic E-state index is 12.6. The molecule has 4 nitrogen and oxygen atoms in total. The first kappa shape index (κ1) is 13.1. The smallest absolute Gasteiger partial charge is 0.257 e. The molecule has 0 spiro atoms. The number of nitrogens with zero attached hydrogens (tertiary/aromatic N) is 2. The van der Waals surface area contributed by atoms with Crippen LogP contribution in [0.4, 0.5) is 0 Å². The van der Waals surface area contributed by atoms with Crippen LogP contribution < -0.4 is 0 Å². The fraction of sp³-hybridized carbons (Fsp3) is 0.714. The van der Waals surface area contributed by atoms with Crippen molar-refractivity contribution >= 4 is 5.91 Å². The molecule has 1 heterocycles. The number of amides is 1. The summed E-state index contributed by atoms with van der Waals surface area (Å²) in [6.07, 6.45) is 6.44. The molecule has 1 amide bonds. The van der Waals surface area contributed by atoms with E-state index in [1.165, 1.54) is 12.8 Å². The molecule has 0 atom stereocenters. The molecule has 1 aromatic rings. The van der Waals surface area contributed by atoms with Crippen molar-refractivity contribution in [1.29, 1.82) is 0 Å². The van der Waals surface area contributed by atoms with Crippen molar-refractivity contribution in [3.05, 3.63) is 17.5 Å². The summed E-state index contributed by atoms with van der Waals surface area (Å²) in [6, 6.07) is 0.425. The molecule has 0 bridgehead atoms. The average molecular weight is 249 g/mol. The summed E-state index contributed by atoms with van der Waals surface area (Å²) in [4.78, 5) is 14.7. The molecule has 1 N–H and O–H groups in total. The van der Waals surface area contributed by atoms with Crippen LogP contribution in [-0.4, -0.2) is 33.6 Å². The maximum Gasteiger partial charge on any atom is 0.257 e. The lowest BCUT2D eigenvalue weighted by molar-refractivity contribution is 0.0655. The Morgan fingerprint density at radius 3 is 2.67 bits per heavy atom. The third-order valence-corrected chi connectivity index (χ3v) is 3.65. The topological polar surface area (TPSA) is 49.0 Å². The Hall–Kier alpha value is -1.32. The third kappa shape index (κ3) is 2.74. The number of aromatic nitrogens is 2. The van der Waals surface area contributed by atoms with E-state index in [0.29, 0.717) is 12.0 Å². The van der Waals surface area contributed by atoms with E-state index in [1.807, 2.05) is 6.92 Å². The minimum absolute atomic E-state index is 0.141. The molecular weight excluding hydrogens is 226 g/mol. The van der Waals surface area contributed by atoms with Crippen LogP contribution in [0.1, 0.15) is 55.6 Å². The molecule has 2 rings (SSSR count). The lowest BCUT2D eigenvalue weighted by Crippen LogP contribution is -2.41. The van der Waals surface area contributed by atoms with E-state index in [9.17, 15) is 4.79 Å². The van der Waals surface area contributed by atoms with Gasteiger partial charge < -0.3 is 4.90 Å². The fourth-order valence-electron chi connectivity index (χ4n) is 2.73. The molecule has 0 aromatic carbocycles. The molecule has 1 saturated carbocycles. The van der Waals surface area contributed by atoms with Crippen molar-refractivity contribution < 1.29 is 4.79 Å². The van der Waals surface area contributed by atoms with Crippen molar-refractivity contribution in [2.45, 2.75) is 52.5 Å². The predicted molar refractivity (Wildman–Crippen MR) is 71.5 cm³/mol. The number of nitrogens with one attached hydrogen (secondary N) is 1. The number of hydrogen-bond acceptors (Lipinski definition) is 2. The number of carbonyl (C=O) groups excluding carboxylic acids is 1. The molecular formula is C14H23N3O. The second kappa shape index (κ2) is 5.55. The number of aryl methyl sites for hydroxylation is 1. The fourth-order valence-corrected chi connectivity index (χ4v) is 2.73. The highest BCUT2D eigenvalue weighted by Crippen LogP contribution is 2.26. The molecule has 4 heteroatoms. The first-order valence-electron chi connectivity index (χ1n) is 6.90. The van der Waals surface area contributed by atoms with Gasteiger partial charge in [-0.05, 0) is 25.7 Å². The predicted octanol–water partition coefficient (Wildman–Crippen LogP) is 2.76. The first-order valence-corrected chi connectivity index (χ1v) is 6.90. The summed E-state index contributed by atoms with van der Waals surface area (Å²) in [5, 5.41) is 6.81. The zero-order valence-electron chi connectivity index (χ0n) is 11.6. The zero-order chi connectivity index (χ0) is 13.1. The van der Waals surface area contributed by atoms with E-state index in [-0.39, 0.29) is 5.91 Å². The highest BCUT2D eigenvalue weighted by Gasteiger charge is 2.29. The molecule has 100 valence electrons. The second-order valence-electron chi connectivity index (χ2n) is 5.70. The Bertz CT molecular complexity index is 405. The van der Waals surface area contributed by atoms with Crippen LogP contribution in [0.3, 0.4) is 0 Å². The summed E-state index contributed by atoms with van der Waals surface area (Å²) in [5.41, 5.74) is 1.59. The lowest BCUT2D eigenvalue weighted by atomic mass is 10.1. The Morgan fingerprint density at radius 1 is 1.50 bits per heavy atom. The molecule has 1 aliphatic rings. The summed E-state index contributed by atoms with van der Waals surface area (Å²) in [5.74, 6) is 0.642. The largest absolute Gasteiger partial charge is 0.335 e. The van der Waals surface area contributed by atoms with Crippen LogP contribution >= 0.6 is 0 Å². The van der Waals surface area contributed by atoms with Gasteiger partial charge in [0, 0.05) is 18.3 Å². The number of H-pyrrole nitrogens is 1. The Kier molecular flexibility index (Phi) is 4.04. The number of hydrogen-bond donors (Lipinski definition) is 1. The monoisotopic (exact) mass is 249 g/mol. The third-order valence-electron chi connectivity index (χ3n) is 3.65. The van der Waals surface area contributed by atoms with Crippen LogP contribution in [0.15, 0.2) is 6.20 Å². The van der Waals surface area contributed by atoms with Crippen molar-refractivity contribution in [2.75, 3.05) is 6.54 Å². The van der Waals surface area contributed by atoms with Gasteiger partial charge in [0.15, 0.2) is 0 Å². The van der Waals surface area contributed by atoms with Crippen molar-refractivity contribution in [1.82, 2.24) is 15.1 Å². The van der Waals surface area contributed by atoms with Gasteiger partial charge in [-0.2, -0.15) is 5.10 Å². The quantitative estimate of drug-likeness (QED) is 0.892. The molecule has 1 aromatic heterocycles. The van der Waals surface area contributed by atoms with Gasteiger partial charge in [0.2, 0.25) is 0 Å². The standard InChI is InChI=1S/C14H23N3O/c1-10(2)9-17(12-6-4-5-7-12)14(18)13-8-15-16-11(13)3/h8,10,12H,4-7,9H2,1-3H3,(H,15,16). The molecule has 0 saturated heterocycles. The van der Waals surface area contributed by atoms with Crippen LogP contribution in [-0.2, 0) is 0 Å². The molecule has 18 heavy (non-hydrogen) atoms. The van der Waals surface area contributed by atoms with Gasteiger partial charge in [0.1, 0.15) is 0 Å². The van der Waals surface area contributed by atoms with Crippen molar-refractivity contribution in [3.8, 4) is 0 Å². The van der Waals surface area contributed by atoms with Gasteiger partial charge >= 0.3 is 0 Å². The highest BCUT2D eigenvalue weighted by atomic mass is 16.2. The van der Waals surface area contributed by atoms with Gasteiger partial charge in [-0.3, -0.25) is 9.89 Å². The van der Waals surface area contributed by atoms with Gasteiger partial charge in [-0.1, -0.05) is 26.7 Å². The van der Waals surface area contributed by atoms with E-state index in [2.05, 4.69) is 28.9 Å². The molecule has 1 fully saturated rings. The van der Waals surface area contributed by atoms with Crippen LogP contribution in [0, 0.1) is 12.8 Å². The van der Waals surface area contributed by atoms with E-state index in [0.717, 1.165) is 30.6 Å². The number of rotatable bonds is 4. The normalized spacial score (nSPS) is 16.4. The Morgan fingerprint density at radius 2 is 2.17 bits per heavy atom.